The number of pyridine rings is 1. The molecule has 0 radical (unpaired) electrons. The monoisotopic (exact) mass is 271 g/mol. The van der Waals surface area contributed by atoms with Crippen molar-refractivity contribution in [1.82, 2.24) is 4.98 Å². The SMILES string of the molecule is COc1ncc(-c2ccccc2F)cc1C(F)(F)F. The van der Waals surface area contributed by atoms with Gasteiger partial charge in [-0.1, -0.05) is 18.2 Å². The van der Waals surface area contributed by atoms with Crippen LogP contribution in [-0.2, 0) is 6.18 Å². The highest BCUT2D eigenvalue weighted by Gasteiger charge is 2.35. The van der Waals surface area contributed by atoms with Crippen molar-refractivity contribution >= 4 is 0 Å². The van der Waals surface area contributed by atoms with Crippen LogP contribution in [0.5, 0.6) is 5.88 Å². The minimum atomic E-state index is -4.61. The topological polar surface area (TPSA) is 22.1 Å². The van der Waals surface area contributed by atoms with Crippen LogP contribution in [0.4, 0.5) is 17.6 Å². The molecule has 2 rings (SSSR count). The molecule has 0 bridgehead atoms. The Morgan fingerprint density at radius 1 is 1.16 bits per heavy atom. The summed E-state index contributed by atoms with van der Waals surface area (Å²) < 4.78 is 56.6. The molecule has 0 saturated heterocycles. The molecule has 2 nitrogen and oxygen atoms in total. The third-order valence-corrected chi connectivity index (χ3v) is 2.53. The number of hydrogen-bond acceptors (Lipinski definition) is 2. The van der Waals surface area contributed by atoms with Crippen molar-refractivity contribution in [3.05, 3.63) is 47.9 Å². The summed E-state index contributed by atoms with van der Waals surface area (Å²) in [4.78, 5) is 3.57. The zero-order chi connectivity index (χ0) is 14.0. The Labute approximate surface area is 106 Å². The van der Waals surface area contributed by atoms with Crippen LogP contribution in [0.15, 0.2) is 36.5 Å². The zero-order valence-corrected chi connectivity index (χ0v) is 9.83. The number of rotatable bonds is 2. The highest BCUT2D eigenvalue weighted by molar-refractivity contribution is 5.64. The minimum Gasteiger partial charge on any atom is -0.481 e. The van der Waals surface area contributed by atoms with Gasteiger partial charge in [0, 0.05) is 17.3 Å². The van der Waals surface area contributed by atoms with Crippen LogP contribution in [0.2, 0.25) is 0 Å². The predicted molar refractivity (Wildman–Crippen MR) is 61.2 cm³/mol. The molecule has 0 fully saturated rings. The first-order valence-electron chi connectivity index (χ1n) is 5.29. The quantitative estimate of drug-likeness (QED) is 0.772. The van der Waals surface area contributed by atoms with Crippen LogP contribution in [0.3, 0.4) is 0 Å². The average Bonchev–Trinajstić information content (AvgIpc) is 2.37. The Hall–Kier alpha value is -2.11. The van der Waals surface area contributed by atoms with Crippen molar-refractivity contribution in [1.29, 1.82) is 0 Å². The third kappa shape index (κ3) is 2.67. The Kier molecular flexibility index (Phi) is 3.42. The van der Waals surface area contributed by atoms with Crippen molar-refractivity contribution in [2.75, 3.05) is 7.11 Å². The molecular formula is C13H9F4NO. The summed E-state index contributed by atoms with van der Waals surface area (Å²) in [6, 6.07) is 6.38. The van der Waals surface area contributed by atoms with Gasteiger partial charge in [0.1, 0.15) is 11.4 Å². The molecule has 100 valence electrons. The Balaban J connectivity index is 2.59. The number of halogens is 4. The number of hydrogen-bond donors (Lipinski definition) is 0. The number of benzene rings is 1. The Bertz CT molecular complexity index is 595. The Morgan fingerprint density at radius 3 is 2.42 bits per heavy atom. The first-order chi connectivity index (χ1) is 8.93. The number of ether oxygens (including phenoxy) is 1. The van der Waals surface area contributed by atoms with Crippen LogP contribution >= 0.6 is 0 Å². The maximum absolute atomic E-state index is 13.5. The lowest BCUT2D eigenvalue weighted by atomic mass is 10.1. The van der Waals surface area contributed by atoms with Crippen molar-refractivity contribution in [2.45, 2.75) is 6.18 Å². The first kappa shape index (κ1) is 13.3. The van der Waals surface area contributed by atoms with E-state index < -0.39 is 23.4 Å². The average molecular weight is 271 g/mol. The van der Waals surface area contributed by atoms with Gasteiger partial charge in [0.25, 0.3) is 0 Å². The highest BCUT2D eigenvalue weighted by atomic mass is 19.4. The molecule has 2 aromatic rings. The van der Waals surface area contributed by atoms with Gasteiger partial charge in [0.2, 0.25) is 5.88 Å². The molecule has 0 saturated carbocycles. The van der Waals surface area contributed by atoms with Gasteiger partial charge in [-0.15, -0.1) is 0 Å². The van der Waals surface area contributed by atoms with Crippen molar-refractivity contribution in [2.24, 2.45) is 0 Å². The number of methoxy groups -OCH3 is 1. The molecule has 6 heteroatoms. The molecule has 0 aliphatic carbocycles. The third-order valence-electron chi connectivity index (χ3n) is 2.53. The lowest BCUT2D eigenvalue weighted by Gasteiger charge is -2.12. The fourth-order valence-corrected chi connectivity index (χ4v) is 1.66. The standard InChI is InChI=1S/C13H9F4NO/c1-19-12-10(13(15,16)17)6-8(7-18-12)9-4-2-3-5-11(9)14/h2-7H,1H3. The molecule has 0 N–H and O–H groups in total. The molecule has 1 aromatic heterocycles. The van der Waals surface area contributed by atoms with E-state index in [9.17, 15) is 17.6 Å². The molecule has 0 aliphatic heterocycles. The Morgan fingerprint density at radius 2 is 1.84 bits per heavy atom. The van der Waals surface area contributed by atoms with Gasteiger partial charge in [-0.25, -0.2) is 9.37 Å². The van der Waals surface area contributed by atoms with Crippen LogP contribution in [0, 0.1) is 5.82 Å². The van der Waals surface area contributed by atoms with E-state index in [1.54, 1.807) is 0 Å². The van der Waals surface area contributed by atoms with E-state index in [-0.39, 0.29) is 11.1 Å². The highest BCUT2D eigenvalue weighted by Crippen LogP contribution is 2.37. The maximum Gasteiger partial charge on any atom is 0.421 e. The molecule has 0 unspecified atom stereocenters. The molecule has 19 heavy (non-hydrogen) atoms. The van der Waals surface area contributed by atoms with Crippen LogP contribution < -0.4 is 4.74 Å². The molecule has 1 aromatic carbocycles. The first-order valence-corrected chi connectivity index (χ1v) is 5.29. The van der Waals surface area contributed by atoms with Crippen LogP contribution in [-0.4, -0.2) is 12.1 Å². The molecule has 0 spiro atoms. The lowest BCUT2D eigenvalue weighted by molar-refractivity contribution is -0.139. The lowest BCUT2D eigenvalue weighted by Crippen LogP contribution is -2.09. The summed E-state index contributed by atoms with van der Waals surface area (Å²) in [5.74, 6) is -1.14. The van der Waals surface area contributed by atoms with Gasteiger partial charge in [-0.3, -0.25) is 0 Å². The summed E-state index contributed by atoms with van der Waals surface area (Å²) in [5.41, 5.74) is -0.926. The number of alkyl halides is 3. The van der Waals surface area contributed by atoms with E-state index in [1.807, 2.05) is 0 Å². The molecule has 1 heterocycles. The van der Waals surface area contributed by atoms with Gasteiger partial charge in [-0.2, -0.15) is 13.2 Å². The van der Waals surface area contributed by atoms with Gasteiger partial charge in [-0.05, 0) is 12.1 Å². The minimum absolute atomic E-state index is 0.0474. The zero-order valence-electron chi connectivity index (χ0n) is 9.83. The largest absolute Gasteiger partial charge is 0.481 e. The van der Waals surface area contributed by atoms with E-state index in [0.717, 1.165) is 19.4 Å². The predicted octanol–water partition coefficient (Wildman–Crippen LogP) is 3.92. The summed E-state index contributed by atoms with van der Waals surface area (Å²) in [7, 11) is 1.10. The summed E-state index contributed by atoms with van der Waals surface area (Å²) >= 11 is 0. The normalized spacial score (nSPS) is 11.4. The van der Waals surface area contributed by atoms with E-state index in [0.29, 0.717) is 0 Å². The van der Waals surface area contributed by atoms with E-state index in [4.69, 9.17) is 0 Å². The summed E-state index contributed by atoms with van der Waals surface area (Å²) in [6.07, 6.45) is -3.47. The molecular weight excluding hydrogens is 262 g/mol. The van der Waals surface area contributed by atoms with E-state index in [2.05, 4.69) is 9.72 Å². The van der Waals surface area contributed by atoms with Gasteiger partial charge in [0.05, 0.1) is 7.11 Å². The van der Waals surface area contributed by atoms with Crippen molar-refractivity contribution in [3.8, 4) is 17.0 Å². The second-order valence-corrected chi connectivity index (χ2v) is 3.76. The molecule has 0 atom stereocenters. The second-order valence-electron chi connectivity index (χ2n) is 3.76. The number of aromatic nitrogens is 1. The molecule has 0 aliphatic rings. The molecule has 0 amide bonds. The van der Waals surface area contributed by atoms with E-state index in [1.165, 1.54) is 24.3 Å². The van der Waals surface area contributed by atoms with Gasteiger partial charge < -0.3 is 4.74 Å². The fourth-order valence-electron chi connectivity index (χ4n) is 1.66. The van der Waals surface area contributed by atoms with Gasteiger partial charge in [0.15, 0.2) is 0 Å². The van der Waals surface area contributed by atoms with Crippen molar-refractivity contribution in [3.63, 3.8) is 0 Å². The summed E-state index contributed by atoms with van der Waals surface area (Å²) in [5, 5.41) is 0. The van der Waals surface area contributed by atoms with Crippen LogP contribution in [0.1, 0.15) is 5.56 Å². The smallest absolute Gasteiger partial charge is 0.421 e. The van der Waals surface area contributed by atoms with E-state index >= 15 is 0 Å². The summed E-state index contributed by atoms with van der Waals surface area (Å²) in [6.45, 7) is 0. The fraction of sp³-hybridized carbons (Fsp3) is 0.154. The second kappa shape index (κ2) is 4.87. The number of nitrogens with zero attached hydrogens (tertiary/aromatic N) is 1. The van der Waals surface area contributed by atoms with Gasteiger partial charge >= 0.3 is 6.18 Å². The maximum atomic E-state index is 13.5. The van der Waals surface area contributed by atoms with Crippen molar-refractivity contribution < 1.29 is 22.3 Å². The van der Waals surface area contributed by atoms with Crippen LogP contribution in [0.25, 0.3) is 11.1 Å².